The SMILES string of the molecule is COc1ccc(NCc2cc(C)ccc2OC)c(C)c1. The molecule has 0 saturated heterocycles. The number of anilines is 1. The molecule has 3 nitrogen and oxygen atoms in total. The molecule has 0 atom stereocenters. The fourth-order valence-electron chi connectivity index (χ4n) is 2.20. The molecule has 20 heavy (non-hydrogen) atoms. The minimum absolute atomic E-state index is 0.734. The van der Waals surface area contributed by atoms with E-state index in [9.17, 15) is 0 Å². The summed E-state index contributed by atoms with van der Waals surface area (Å²) in [5.41, 5.74) is 4.65. The summed E-state index contributed by atoms with van der Waals surface area (Å²) in [5, 5.41) is 3.45. The highest BCUT2D eigenvalue weighted by Crippen LogP contribution is 2.24. The smallest absolute Gasteiger partial charge is 0.123 e. The van der Waals surface area contributed by atoms with E-state index in [1.807, 2.05) is 24.3 Å². The Balaban J connectivity index is 2.14. The Morgan fingerprint density at radius 3 is 2.40 bits per heavy atom. The number of methoxy groups -OCH3 is 2. The highest BCUT2D eigenvalue weighted by molar-refractivity contribution is 5.54. The van der Waals surface area contributed by atoms with Gasteiger partial charge in [0.15, 0.2) is 0 Å². The van der Waals surface area contributed by atoms with Crippen LogP contribution in [0.4, 0.5) is 5.69 Å². The third kappa shape index (κ3) is 3.23. The van der Waals surface area contributed by atoms with Crippen LogP contribution in [0.1, 0.15) is 16.7 Å². The van der Waals surface area contributed by atoms with Gasteiger partial charge in [-0.25, -0.2) is 0 Å². The summed E-state index contributed by atoms with van der Waals surface area (Å²) in [6.07, 6.45) is 0. The Hall–Kier alpha value is -2.16. The number of hydrogen-bond acceptors (Lipinski definition) is 3. The zero-order valence-corrected chi connectivity index (χ0v) is 12.5. The van der Waals surface area contributed by atoms with Gasteiger partial charge in [-0.1, -0.05) is 17.7 Å². The lowest BCUT2D eigenvalue weighted by atomic mass is 10.1. The van der Waals surface area contributed by atoms with Crippen LogP contribution in [0.5, 0.6) is 11.5 Å². The zero-order chi connectivity index (χ0) is 14.5. The predicted octanol–water partition coefficient (Wildman–Crippen LogP) is 3.93. The van der Waals surface area contributed by atoms with Crippen LogP contribution >= 0.6 is 0 Å². The molecule has 0 unspecified atom stereocenters. The molecule has 0 bridgehead atoms. The summed E-state index contributed by atoms with van der Waals surface area (Å²) in [7, 11) is 3.38. The van der Waals surface area contributed by atoms with Gasteiger partial charge in [-0.05, 0) is 43.7 Å². The molecule has 0 radical (unpaired) electrons. The Labute approximate surface area is 120 Å². The van der Waals surface area contributed by atoms with Crippen LogP contribution in [0.15, 0.2) is 36.4 Å². The summed E-state index contributed by atoms with van der Waals surface area (Å²) >= 11 is 0. The van der Waals surface area contributed by atoms with Crippen LogP contribution in [0, 0.1) is 13.8 Å². The number of hydrogen-bond donors (Lipinski definition) is 1. The molecule has 0 aromatic heterocycles. The maximum absolute atomic E-state index is 5.40. The van der Waals surface area contributed by atoms with E-state index in [0.717, 1.165) is 34.9 Å². The van der Waals surface area contributed by atoms with E-state index in [0.29, 0.717) is 0 Å². The lowest BCUT2D eigenvalue weighted by Crippen LogP contribution is -2.03. The maximum Gasteiger partial charge on any atom is 0.123 e. The molecule has 2 aromatic carbocycles. The highest BCUT2D eigenvalue weighted by atomic mass is 16.5. The zero-order valence-electron chi connectivity index (χ0n) is 12.5. The summed E-state index contributed by atoms with van der Waals surface area (Å²) in [4.78, 5) is 0. The van der Waals surface area contributed by atoms with E-state index in [1.54, 1.807) is 14.2 Å². The van der Waals surface area contributed by atoms with Crippen LogP contribution < -0.4 is 14.8 Å². The van der Waals surface area contributed by atoms with Crippen LogP contribution in [0.25, 0.3) is 0 Å². The third-order valence-corrected chi connectivity index (χ3v) is 3.34. The second-order valence-electron chi connectivity index (χ2n) is 4.85. The molecule has 0 spiro atoms. The van der Waals surface area contributed by atoms with E-state index >= 15 is 0 Å². The first-order valence-corrected chi connectivity index (χ1v) is 6.66. The van der Waals surface area contributed by atoms with Gasteiger partial charge in [0.2, 0.25) is 0 Å². The largest absolute Gasteiger partial charge is 0.497 e. The monoisotopic (exact) mass is 271 g/mol. The average Bonchev–Trinajstić information content (AvgIpc) is 2.46. The Morgan fingerprint density at radius 1 is 0.950 bits per heavy atom. The van der Waals surface area contributed by atoms with Gasteiger partial charge in [0.1, 0.15) is 11.5 Å². The fourth-order valence-corrected chi connectivity index (χ4v) is 2.20. The van der Waals surface area contributed by atoms with Gasteiger partial charge in [0.25, 0.3) is 0 Å². The van der Waals surface area contributed by atoms with Gasteiger partial charge in [-0.2, -0.15) is 0 Å². The molecule has 0 fully saturated rings. The standard InChI is InChI=1S/C17H21NO2/c1-12-5-8-17(20-4)14(9-12)11-18-16-7-6-15(19-3)10-13(16)2/h5-10,18H,11H2,1-4H3. The summed E-state index contributed by atoms with van der Waals surface area (Å²) in [5.74, 6) is 1.79. The van der Waals surface area contributed by atoms with E-state index in [2.05, 4.69) is 31.3 Å². The Morgan fingerprint density at radius 2 is 1.75 bits per heavy atom. The van der Waals surface area contributed by atoms with Gasteiger partial charge in [-0.15, -0.1) is 0 Å². The fraction of sp³-hybridized carbons (Fsp3) is 0.294. The van der Waals surface area contributed by atoms with Crippen molar-refractivity contribution in [2.75, 3.05) is 19.5 Å². The molecule has 1 N–H and O–H groups in total. The second kappa shape index (κ2) is 6.33. The number of nitrogens with one attached hydrogen (secondary N) is 1. The summed E-state index contributed by atoms with van der Waals surface area (Å²) in [6, 6.07) is 12.2. The number of ether oxygens (including phenoxy) is 2. The first kappa shape index (κ1) is 14.3. The van der Waals surface area contributed by atoms with Crippen LogP contribution in [-0.4, -0.2) is 14.2 Å². The number of benzene rings is 2. The van der Waals surface area contributed by atoms with Gasteiger partial charge in [0, 0.05) is 17.8 Å². The van der Waals surface area contributed by atoms with Gasteiger partial charge >= 0.3 is 0 Å². The van der Waals surface area contributed by atoms with Crippen molar-refractivity contribution in [3.8, 4) is 11.5 Å². The first-order chi connectivity index (χ1) is 9.63. The molecular formula is C17H21NO2. The molecule has 0 aliphatic carbocycles. The molecule has 2 aromatic rings. The van der Waals surface area contributed by atoms with Crippen molar-refractivity contribution in [2.45, 2.75) is 20.4 Å². The highest BCUT2D eigenvalue weighted by Gasteiger charge is 2.05. The van der Waals surface area contributed by atoms with Crippen molar-refractivity contribution in [2.24, 2.45) is 0 Å². The lowest BCUT2D eigenvalue weighted by molar-refractivity contribution is 0.410. The van der Waals surface area contributed by atoms with Crippen molar-refractivity contribution in [3.05, 3.63) is 53.1 Å². The van der Waals surface area contributed by atoms with Gasteiger partial charge in [0.05, 0.1) is 14.2 Å². The predicted molar refractivity (Wildman–Crippen MR) is 82.8 cm³/mol. The van der Waals surface area contributed by atoms with Crippen LogP contribution in [-0.2, 0) is 6.54 Å². The number of rotatable bonds is 5. The maximum atomic E-state index is 5.40. The van der Waals surface area contributed by atoms with Gasteiger partial charge < -0.3 is 14.8 Å². The Kier molecular flexibility index (Phi) is 4.51. The molecule has 0 saturated carbocycles. The quantitative estimate of drug-likeness (QED) is 0.893. The minimum Gasteiger partial charge on any atom is -0.497 e. The Bertz CT molecular complexity index is 594. The number of aryl methyl sites for hydroxylation is 2. The summed E-state index contributed by atoms with van der Waals surface area (Å²) < 4.78 is 10.6. The van der Waals surface area contributed by atoms with Crippen molar-refractivity contribution in [1.82, 2.24) is 0 Å². The van der Waals surface area contributed by atoms with E-state index in [-0.39, 0.29) is 0 Å². The van der Waals surface area contributed by atoms with Crippen LogP contribution in [0.3, 0.4) is 0 Å². The minimum atomic E-state index is 0.734. The third-order valence-electron chi connectivity index (χ3n) is 3.34. The van der Waals surface area contributed by atoms with Gasteiger partial charge in [-0.3, -0.25) is 0 Å². The molecule has 106 valence electrons. The molecule has 2 rings (SSSR count). The van der Waals surface area contributed by atoms with Crippen molar-refractivity contribution < 1.29 is 9.47 Å². The summed E-state index contributed by atoms with van der Waals surface area (Å²) in [6.45, 7) is 4.89. The van der Waals surface area contributed by atoms with Crippen molar-refractivity contribution >= 4 is 5.69 Å². The normalized spacial score (nSPS) is 10.2. The van der Waals surface area contributed by atoms with E-state index in [4.69, 9.17) is 9.47 Å². The molecule has 0 heterocycles. The lowest BCUT2D eigenvalue weighted by Gasteiger charge is -2.13. The average molecular weight is 271 g/mol. The molecular weight excluding hydrogens is 250 g/mol. The van der Waals surface area contributed by atoms with E-state index < -0.39 is 0 Å². The molecule has 0 amide bonds. The van der Waals surface area contributed by atoms with E-state index in [1.165, 1.54) is 5.56 Å². The topological polar surface area (TPSA) is 30.5 Å². The molecule has 3 heteroatoms. The first-order valence-electron chi connectivity index (χ1n) is 6.66. The second-order valence-corrected chi connectivity index (χ2v) is 4.85. The van der Waals surface area contributed by atoms with Crippen LogP contribution in [0.2, 0.25) is 0 Å². The molecule has 0 aliphatic heterocycles. The van der Waals surface area contributed by atoms with Crippen molar-refractivity contribution in [1.29, 1.82) is 0 Å². The molecule has 0 aliphatic rings. The van der Waals surface area contributed by atoms with Crippen molar-refractivity contribution in [3.63, 3.8) is 0 Å².